The molecule has 0 unspecified atom stereocenters. The van der Waals surface area contributed by atoms with Crippen LogP contribution in [0.1, 0.15) is 25.0 Å². The zero-order valence-corrected chi connectivity index (χ0v) is 15.6. The molecule has 1 aliphatic heterocycles. The van der Waals surface area contributed by atoms with Gasteiger partial charge in [0.25, 0.3) is 0 Å². The van der Waals surface area contributed by atoms with Crippen molar-refractivity contribution in [3.05, 3.63) is 66.2 Å². The van der Waals surface area contributed by atoms with Gasteiger partial charge in [0, 0.05) is 0 Å². The Hall–Kier alpha value is -1.61. The number of benzene rings is 2. The van der Waals surface area contributed by atoms with E-state index in [1.807, 2.05) is 36.4 Å². The molecule has 0 bridgehead atoms. The molecular weight excluding hydrogens is 367 g/mol. The molecular formula is C20H22O3Se. The van der Waals surface area contributed by atoms with Gasteiger partial charge in [0.2, 0.25) is 0 Å². The van der Waals surface area contributed by atoms with Gasteiger partial charge in [0.05, 0.1) is 0 Å². The van der Waals surface area contributed by atoms with Gasteiger partial charge in [-0.1, -0.05) is 0 Å². The topological polar surface area (TPSA) is 35.5 Å². The molecule has 3 nitrogen and oxygen atoms in total. The Kier molecular flexibility index (Phi) is 5.72. The SMILES string of the molecule is CC[C@H]1O[C@@H](c2ccccc2)[C@@H](C(=O)OC)[C@@H]1[Se]c1ccccc1. The fraction of sp³-hybridized carbons (Fsp3) is 0.350. The van der Waals surface area contributed by atoms with Crippen molar-refractivity contribution in [1.29, 1.82) is 0 Å². The molecule has 1 fully saturated rings. The second-order valence-electron chi connectivity index (χ2n) is 5.86. The molecule has 0 saturated carbocycles. The number of rotatable bonds is 5. The van der Waals surface area contributed by atoms with Crippen LogP contribution in [0.4, 0.5) is 0 Å². The molecule has 0 aliphatic carbocycles. The normalized spacial score (nSPS) is 26.2. The first-order chi connectivity index (χ1) is 11.7. The molecule has 3 rings (SSSR count). The number of hydrogen-bond donors (Lipinski definition) is 0. The maximum absolute atomic E-state index is 12.6. The molecule has 0 N–H and O–H groups in total. The molecule has 0 spiro atoms. The van der Waals surface area contributed by atoms with E-state index in [9.17, 15) is 4.79 Å². The summed E-state index contributed by atoms with van der Waals surface area (Å²) in [5.74, 6) is -0.412. The third-order valence-corrected chi connectivity index (χ3v) is 7.35. The Morgan fingerprint density at radius 2 is 1.71 bits per heavy atom. The van der Waals surface area contributed by atoms with Crippen molar-refractivity contribution in [3.8, 4) is 0 Å². The molecule has 24 heavy (non-hydrogen) atoms. The average molecular weight is 389 g/mol. The third kappa shape index (κ3) is 3.56. The zero-order valence-electron chi connectivity index (χ0n) is 13.9. The van der Waals surface area contributed by atoms with Crippen LogP contribution in [0.15, 0.2) is 60.7 Å². The van der Waals surface area contributed by atoms with Gasteiger partial charge in [0.1, 0.15) is 0 Å². The van der Waals surface area contributed by atoms with Crippen molar-refractivity contribution in [2.45, 2.75) is 30.4 Å². The van der Waals surface area contributed by atoms with Crippen molar-refractivity contribution in [2.75, 3.05) is 7.11 Å². The van der Waals surface area contributed by atoms with Crippen LogP contribution >= 0.6 is 0 Å². The summed E-state index contributed by atoms with van der Waals surface area (Å²) in [4.78, 5) is 12.8. The summed E-state index contributed by atoms with van der Waals surface area (Å²) < 4.78 is 12.8. The molecule has 0 amide bonds. The van der Waals surface area contributed by atoms with E-state index in [-0.39, 0.29) is 43.9 Å². The third-order valence-electron chi connectivity index (χ3n) is 4.39. The minimum absolute atomic E-state index is 0.0829. The van der Waals surface area contributed by atoms with E-state index in [4.69, 9.17) is 9.47 Å². The Labute approximate surface area is 149 Å². The average Bonchev–Trinajstić information content (AvgIpc) is 3.01. The second kappa shape index (κ2) is 7.98. The molecule has 1 aliphatic rings. The number of ether oxygens (including phenoxy) is 2. The molecule has 2 aromatic carbocycles. The van der Waals surface area contributed by atoms with Gasteiger partial charge in [-0.25, -0.2) is 0 Å². The molecule has 0 aromatic heterocycles. The Morgan fingerprint density at radius 1 is 1.08 bits per heavy atom. The van der Waals surface area contributed by atoms with E-state index in [1.165, 1.54) is 11.6 Å². The van der Waals surface area contributed by atoms with Crippen molar-refractivity contribution in [1.82, 2.24) is 0 Å². The number of carbonyl (C=O) groups is 1. The van der Waals surface area contributed by atoms with E-state index in [2.05, 4.69) is 31.2 Å². The van der Waals surface area contributed by atoms with Crippen molar-refractivity contribution in [2.24, 2.45) is 5.92 Å². The summed E-state index contributed by atoms with van der Waals surface area (Å²) in [6.07, 6.45) is 0.759. The first-order valence-electron chi connectivity index (χ1n) is 8.24. The van der Waals surface area contributed by atoms with Crippen LogP contribution < -0.4 is 4.46 Å². The molecule has 0 radical (unpaired) electrons. The van der Waals surface area contributed by atoms with Crippen molar-refractivity contribution in [3.63, 3.8) is 0 Å². The molecule has 4 heteroatoms. The molecule has 4 atom stereocenters. The van der Waals surface area contributed by atoms with Gasteiger partial charge in [-0.05, 0) is 0 Å². The number of esters is 1. The van der Waals surface area contributed by atoms with Crippen molar-refractivity contribution >= 4 is 25.4 Å². The van der Waals surface area contributed by atoms with Crippen LogP contribution in [-0.4, -0.2) is 34.1 Å². The first-order valence-corrected chi connectivity index (χ1v) is 10.1. The summed E-state index contributed by atoms with van der Waals surface area (Å²) >= 11 is 0.157. The molecule has 2 aromatic rings. The predicted octanol–water partition coefficient (Wildman–Crippen LogP) is 3.14. The summed E-state index contributed by atoms with van der Waals surface area (Å²) in [5, 5.41) is 0. The van der Waals surface area contributed by atoms with Crippen LogP contribution in [0.2, 0.25) is 4.82 Å². The van der Waals surface area contributed by atoms with Crippen molar-refractivity contribution < 1.29 is 14.3 Å². The fourth-order valence-electron chi connectivity index (χ4n) is 3.21. The molecule has 1 saturated heterocycles. The first kappa shape index (κ1) is 17.2. The Morgan fingerprint density at radius 3 is 2.29 bits per heavy atom. The van der Waals surface area contributed by atoms with Gasteiger partial charge in [-0.3, -0.25) is 0 Å². The van der Waals surface area contributed by atoms with E-state index in [0.717, 1.165) is 12.0 Å². The van der Waals surface area contributed by atoms with Gasteiger partial charge in [0.15, 0.2) is 0 Å². The van der Waals surface area contributed by atoms with Gasteiger partial charge >= 0.3 is 149 Å². The number of carbonyl (C=O) groups excluding carboxylic acids is 1. The van der Waals surface area contributed by atoms with E-state index in [0.29, 0.717) is 0 Å². The van der Waals surface area contributed by atoms with Crippen LogP contribution in [0.25, 0.3) is 0 Å². The zero-order chi connectivity index (χ0) is 16.9. The summed E-state index contributed by atoms with van der Waals surface area (Å²) in [7, 11) is 1.47. The van der Waals surface area contributed by atoms with E-state index >= 15 is 0 Å². The standard InChI is InChI=1S/C20H22O3Se/c1-3-16-19(24-15-12-8-5-9-13-15)17(20(21)22-2)18(23-16)14-10-6-4-7-11-14/h4-13,16-19H,3H2,1-2H3/t16-,17-,18+,19-/m1/s1. The summed E-state index contributed by atoms with van der Waals surface area (Å²) in [5.41, 5.74) is 1.05. The van der Waals surface area contributed by atoms with Crippen LogP contribution in [0.5, 0.6) is 0 Å². The Bertz CT molecular complexity index is 659. The molecule has 126 valence electrons. The second-order valence-corrected chi connectivity index (χ2v) is 8.48. The quantitative estimate of drug-likeness (QED) is 0.582. The van der Waals surface area contributed by atoms with Crippen LogP contribution in [0, 0.1) is 5.92 Å². The minimum atomic E-state index is -0.248. The van der Waals surface area contributed by atoms with E-state index < -0.39 is 0 Å². The fourth-order valence-corrected chi connectivity index (χ4v) is 6.23. The monoisotopic (exact) mass is 390 g/mol. The van der Waals surface area contributed by atoms with Gasteiger partial charge in [-0.2, -0.15) is 0 Å². The van der Waals surface area contributed by atoms with E-state index in [1.54, 1.807) is 0 Å². The predicted molar refractivity (Wildman–Crippen MR) is 95.4 cm³/mol. The number of methoxy groups -OCH3 is 1. The van der Waals surface area contributed by atoms with Gasteiger partial charge in [-0.15, -0.1) is 0 Å². The van der Waals surface area contributed by atoms with Gasteiger partial charge < -0.3 is 0 Å². The van der Waals surface area contributed by atoms with Crippen LogP contribution in [-0.2, 0) is 14.3 Å². The number of hydrogen-bond acceptors (Lipinski definition) is 3. The Balaban J connectivity index is 1.93. The summed E-state index contributed by atoms with van der Waals surface area (Å²) in [6.45, 7) is 2.13. The van der Waals surface area contributed by atoms with Crippen LogP contribution in [0.3, 0.4) is 0 Å². The summed E-state index contributed by atoms with van der Waals surface area (Å²) in [6, 6.07) is 20.4. The molecule has 1 heterocycles. The maximum atomic E-state index is 12.6.